The summed E-state index contributed by atoms with van der Waals surface area (Å²) in [5, 5.41) is 5.62. The Morgan fingerprint density at radius 3 is 2.50 bits per heavy atom. The van der Waals surface area contributed by atoms with Crippen LogP contribution in [0.1, 0.15) is 25.3 Å². The Hall–Kier alpha value is -1.51. The van der Waals surface area contributed by atoms with E-state index in [9.17, 15) is 4.79 Å². The van der Waals surface area contributed by atoms with E-state index in [1.165, 1.54) is 5.56 Å². The molecule has 16 heavy (non-hydrogen) atoms. The van der Waals surface area contributed by atoms with Crippen LogP contribution in [0.3, 0.4) is 0 Å². The van der Waals surface area contributed by atoms with E-state index in [1.54, 1.807) is 0 Å². The number of rotatable bonds is 6. The van der Waals surface area contributed by atoms with Crippen molar-refractivity contribution in [2.75, 3.05) is 13.1 Å². The van der Waals surface area contributed by atoms with Crippen molar-refractivity contribution in [3.05, 3.63) is 35.9 Å². The molecule has 0 aliphatic rings. The summed E-state index contributed by atoms with van der Waals surface area (Å²) in [6.45, 7) is 3.50. The van der Waals surface area contributed by atoms with Crippen molar-refractivity contribution in [2.45, 2.75) is 26.2 Å². The summed E-state index contributed by atoms with van der Waals surface area (Å²) < 4.78 is 0. The van der Waals surface area contributed by atoms with Crippen LogP contribution in [0.2, 0.25) is 0 Å². The van der Waals surface area contributed by atoms with Gasteiger partial charge in [0, 0.05) is 13.1 Å². The molecule has 0 bridgehead atoms. The third kappa shape index (κ3) is 5.39. The van der Waals surface area contributed by atoms with Crippen LogP contribution in [0.5, 0.6) is 0 Å². The predicted molar refractivity (Wildman–Crippen MR) is 66.5 cm³/mol. The largest absolute Gasteiger partial charge is 0.338 e. The highest BCUT2D eigenvalue weighted by molar-refractivity contribution is 5.73. The average molecular weight is 220 g/mol. The van der Waals surface area contributed by atoms with Gasteiger partial charge in [0.15, 0.2) is 0 Å². The monoisotopic (exact) mass is 220 g/mol. The number of urea groups is 1. The molecule has 0 radical (unpaired) electrons. The molecule has 0 aromatic heterocycles. The first-order valence-electron chi connectivity index (χ1n) is 5.88. The molecule has 1 rings (SSSR count). The van der Waals surface area contributed by atoms with E-state index in [0.717, 1.165) is 32.4 Å². The van der Waals surface area contributed by atoms with Crippen molar-refractivity contribution in [3.63, 3.8) is 0 Å². The van der Waals surface area contributed by atoms with Crippen molar-refractivity contribution in [1.29, 1.82) is 0 Å². The maximum absolute atomic E-state index is 11.2. The lowest BCUT2D eigenvalue weighted by atomic mass is 10.1. The third-order valence-electron chi connectivity index (χ3n) is 2.31. The fraction of sp³-hybridized carbons (Fsp3) is 0.462. The topological polar surface area (TPSA) is 41.1 Å². The van der Waals surface area contributed by atoms with Crippen LogP contribution in [-0.2, 0) is 6.42 Å². The summed E-state index contributed by atoms with van der Waals surface area (Å²) in [5.41, 5.74) is 1.32. The molecule has 88 valence electrons. The average Bonchev–Trinajstić information content (AvgIpc) is 2.33. The molecule has 0 unspecified atom stereocenters. The summed E-state index contributed by atoms with van der Waals surface area (Å²) in [4.78, 5) is 11.2. The van der Waals surface area contributed by atoms with Gasteiger partial charge in [0.05, 0.1) is 0 Å². The number of hydrogen-bond donors (Lipinski definition) is 2. The van der Waals surface area contributed by atoms with Crippen LogP contribution in [0.25, 0.3) is 0 Å². The van der Waals surface area contributed by atoms with Crippen LogP contribution in [0.15, 0.2) is 30.3 Å². The van der Waals surface area contributed by atoms with Gasteiger partial charge >= 0.3 is 6.03 Å². The molecule has 0 atom stereocenters. The van der Waals surface area contributed by atoms with Crippen LogP contribution < -0.4 is 10.6 Å². The Morgan fingerprint density at radius 2 is 1.81 bits per heavy atom. The molecule has 0 aliphatic heterocycles. The second kappa shape index (κ2) is 7.74. The summed E-state index contributed by atoms with van der Waals surface area (Å²) in [5.74, 6) is 0. The van der Waals surface area contributed by atoms with Crippen molar-refractivity contribution in [2.24, 2.45) is 0 Å². The van der Waals surface area contributed by atoms with E-state index in [4.69, 9.17) is 0 Å². The molecule has 1 aromatic carbocycles. The Bertz CT molecular complexity index is 298. The third-order valence-corrected chi connectivity index (χ3v) is 2.31. The van der Waals surface area contributed by atoms with Gasteiger partial charge in [0.1, 0.15) is 0 Å². The molecule has 0 saturated heterocycles. The zero-order valence-electron chi connectivity index (χ0n) is 9.83. The lowest BCUT2D eigenvalue weighted by Crippen LogP contribution is -2.36. The summed E-state index contributed by atoms with van der Waals surface area (Å²) in [6.07, 6.45) is 2.95. The first kappa shape index (κ1) is 12.6. The standard InChI is InChI=1S/C13H20N2O/c1-2-10-14-13(16)15-11-6-9-12-7-4-3-5-8-12/h3-5,7-8H,2,6,9-11H2,1H3,(H2,14,15,16). The minimum absolute atomic E-state index is 0.0603. The Kier molecular flexibility index (Phi) is 6.07. The highest BCUT2D eigenvalue weighted by Gasteiger charge is 1.97. The number of benzene rings is 1. The molecule has 0 heterocycles. The highest BCUT2D eigenvalue weighted by Crippen LogP contribution is 2.01. The SMILES string of the molecule is CCCNC(=O)NCCCc1ccccc1. The smallest absolute Gasteiger partial charge is 0.314 e. The molecule has 0 spiro atoms. The lowest BCUT2D eigenvalue weighted by molar-refractivity contribution is 0.241. The van der Waals surface area contributed by atoms with E-state index in [0.29, 0.717) is 0 Å². The number of carbonyl (C=O) groups excluding carboxylic acids is 1. The van der Waals surface area contributed by atoms with Gasteiger partial charge < -0.3 is 10.6 Å². The fourth-order valence-electron chi connectivity index (χ4n) is 1.44. The van der Waals surface area contributed by atoms with Gasteiger partial charge in [-0.15, -0.1) is 0 Å². The first-order chi connectivity index (χ1) is 7.83. The number of carbonyl (C=O) groups is 1. The van der Waals surface area contributed by atoms with Crippen molar-refractivity contribution in [1.82, 2.24) is 10.6 Å². The molecule has 3 nitrogen and oxygen atoms in total. The summed E-state index contributed by atoms with van der Waals surface area (Å²) in [6, 6.07) is 10.2. The maximum Gasteiger partial charge on any atom is 0.314 e. The maximum atomic E-state index is 11.2. The Labute approximate surface area is 97.2 Å². The number of aryl methyl sites for hydroxylation is 1. The second-order valence-electron chi connectivity index (χ2n) is 3.77. The number of hydrogen-bond acceptors (Lipinski definition) is 1. The Balaban J connectivity index is 2.06. The Morgan fingerprint density at radius 1 is 1.12 bits per heavy atom. The van der Waals surface area contributed by atoms with Crippen LogP contribution in [-0.4, -0.2) is 19.1 Å². The zero-order valence-corrected chi connectivity index (χ0v) is 9.83. The van der Waals surface area contributed by atoms with E-state index >= 15 is 0 Å². The van der Waals surface area contributed by atoms with Crippen molar-refractivity contribution < 1.29 is 4.79 Å². The molecule has 0 saturated carbocycles. The summed E-state index contributed by atoms with van der Waals surface area (Å²) >= 11 is 0. The second-order valence-corrected chi connectivity index (χ2v) is 3.77. The van der Waals surface area contributed by atoms with E-state index in [1.807, 2.05) is 25.1 Å². The van der Waals surface area contributed by atoms with Gasteiger partial charge in [0.2, 0.25) is 0 Å². The van der Waals surface area contributed by atoms with E-state index in [2.05, 4.69) is 22.8 Å². The van der Waals surface area contributed by atoms with Crippen molar-refractivity contribution >= 4 is 6.03 Å². The molecular formula is C13H20N2O. The minimum Gasteiger partial charge on any atom is -0.338 e. The van der Waals surface area contributed by atoms with Gasteiger partial charge in [-0.3, -0.25) is 0 Å². The van der Waals surface area contributed by atoms with Crippen LogP contribution in [0, 0.1) is 0 Å². The van der Waals surface area contributed by atoms with Gasteiger partial charge in [-0.25, -0.2) is 4.79 Å². The summed E-state index contributed by atoms with van der Waals surface area (Å²) in [7, 11) is 0. The van der Waals surface area contributed by atoms with Gasteiger partial charge in [-0.05, 0) is 24.8 Å². The molecule has 2 amide bonds. The number of amides is 2. The van der Waals surface area contributed by atoms with E-state index in [-0.39, 0.29) is 6.03 Å². The van der Waals surface area contributed by atoms with Crippen LogP contribution in [0.4, 0.5) is 4.79 Å². The molecule has 2 N–H and O–H groups in total. The molecule has 3 heteroatoms. The lowest BCUT2D eigenvalue weighted by Gasteiger charge is -2.06. The van der Waals surface area contributed by atoms with Gasteiger partial charge in [0.25, 0.3) is 0 Å². The van der Waals surface area contributed by atoms with Crippen molar-refractivity contribution in [3.8, 4) is 0 Å². The molecule has 1 aromatic rings. The van der Waals surface area contributed by atoms with Gasteiger partial charge in [-0.1, -0.05) is 37.3 Å². The predicted octanol–water partition coefficient (Wildman–Crippen LogP) is 2.33. The minimum atomic E-state index is -0.0603. The highest BCUT2D eigenvalue weighted by atomic mass is 16.2. The fourth-order valence-corrected chi connectivity index (χ4v) is 1.44. The molecule has 0 aliphatic carbocycles. The molecule has 0 fully saturated rings. The van der Waals surface area contributed by atoms with Gasteiger partial charge in [-0.2, -0.15) is 0 Å². The number of nitrogens with one attached hydrogen (secondary N) is 2. The van der Waals surface area contributed by atoms with E-state index < -0.39 is 0 Å². The zero-order chi connectivity index (χ0) is 11.6. The normalized spacial score (nSPS) is 9.81. The van der Waals surface area contributed by atoms with Crippen LogP contribution >= 0.6 is 0 Å². The quantitative estimate of drug-likeness (QED) is 0.710. The first-order valence-corrected chi connectivity index (χ1v) is 5.88. The molecular weight excluding hydrogens is 200 g/mol.